The van der Waals surface area contributed by atoms with E-state index in [2.05, 4.69) is 27.7 Å². The molecule has 1 aliphatic heterocycles. The molecule has 1 fully saturated rings. The van der Waals surface area contributed by atoms with Crippen molar-refractivity contribution in [1.82, 2.24) is 0 Å². The molecular formula is C20H21BCl2O2. The molecule has 0 aromatic heterocycles. The highest BCUT2D eigenvalue weighted by molar-refractivity contribution is 6.62. The normalized spacial score (nSPS) is 18.9. The minimum absolute atomic E-state index is 0.331. The summed E-state index contributed by atoms with van der Waals surface area (Å²) < 4.78 is 12.2. The Morgan fingerprint density at radius 1 is 0.760 bits per heavy atom. The SMILES string of the molecule is CC1(C)OB(c2ccc(/C=C/c3cc(Cl)cc(Cl)c3)cc2)OC1(C)C. The van der Waals surface area contributed by atoms with Crippen molar-refractivity contribution < 1.29 is 9.31 Å². The molecule has 0 atom stereocenters. The van der Waals surface area contributed by atoms with Crippen molar-refractivity contribution in [2.24, 2.45) is 0 Å². The predicted molar refractivity (Wildman–Crippen MR) is 108 cm³/mol. The van der Waals surface area contributed by atoms with Crippen LogP contribution < -0.4 is 5.46 Å². The summed E-state index contributed by atoms with van der Waals surface area (Å²) in [7, 11) is -0.338. The van der Waals surface area contributed by atoms with E-state index in [9.17, 15) is 0 Å². The van der Waals surface area contributed by atoms with Crippen molar-refractivity contribution in [2.45, 2.75) is 38.9 Å². The van der Waals surface area contributed by atoms with Gasteiger partial charge in [-0.25, -0.2) is 0 Å². The van der Waals surface area contributed by atoms with Crippen LogP contribution in [0.5, 0.6) is 0 Å². The van der Waals surface area contributed by atoms with E-state index >= 15 is 0 Å². The summed E-state index contributed by atoms with van der Waals surface area (Å²) in [4.78, 5) is 0. The molecule has 5 heteroatoms. The van der Waals surface area contributed by atoms with Crippen molar-refractivity contribution in [3.63, 3.8) is 0 Å². The van der Waals surface area contributed by atoms with Gasteiger partial charge >= 0.3 is 7.12 Å². The van der Waals surface area contributed by atoms with Gasteiger partial charge in [0.2, 0.25) is 0 Å². The maximum Gasteiger partial charge on any atom is 0.494 e. The third kappa shape index (κ3) is 4.12. The zero-order chi connectivity index (χ0) is 18.2. The fraction of sp³-hybridized carbons (Fsp3) is 0.300. The number of halogens is 2. The molecule has 0 radical (unpaired) electrons. The second-order valence-electron chi connectivity index (χ2n) is 7.29. The molecule has 3 rings (SSSR count). The highest BCUT2D eigenvalue weighted by Crippen LogP contribution is 2.36. The molecule has 2 aromatic rings. The Labute approximate surface area is 159 Å². The molecule has 0 amide bonds. The molecule has 0 aliphatic carbocycles. The smallest absolute Gasteiger partial charge is 0.399 e. The van der Waals surface area contributed by atoms with Gasteiger partial charge in [0.15, 0.2) is 0 Å². The van der Waals surface area contributed by atoms with Crippen LogP contribution in [0.25, 0.3) is 12.2 Å². The third-order valence-corrected chi connectivity index (χ3v) is 5.25. The highest BCUT2D eigenvalue weighted by Gasteiger charge is 2.51. The highest BCUT2D eigenvalue weighted by atomic mass is 35.5. The van der Waals surface area contributed by atoms with E-state index in [1.54, 1.807) is 6.07 Å². The van der Waals surface area contributed by atoms with E-state index < -0.39 is 0 Å². The summed E-state index contributed by atoms with van der Waals surface area (Å²) >= 11 is 12.1. The van der Waals surface area contributed by atoms with Gasteiger partial charge < -0.3 is 9.31 Å². The average molecular weight is 375 g/mol. The molecule has 0 saturated carbocycles. The molecule has 25 heavy (non-hydrogen) atoms. The molecule has 130 valence electrons. The first kappa shape index (κ1) is 18.5. The van der Waals surface area contributed by atoms with E-state index in [0.717, 1.165) is 16.6 Å². The maximum atomic E-state index is 6.08. The first-order valence-corrected chi connectivity index (χ1v) is 9.02. The zero-order valence-corrected chi connectivity index (χ0v) is 16.4. The van der Waals surface area contributed by atoms with Crippen LogP contribution in [0.15, 0.2) is 42.5 Å². The van der Waals surface area contributed by atoms with Crippen molar-refractivity contribution in [3.8, 4) is 0 Å². The second-order valence-corrected chi connectivity index (χ2v) is 8.16. The van der Waals surface area contributed by atoms with Crippen LogP contribution in [0.4, 0.5) is 0 Å². The van der Waals surface area contributed by atoms with Crippen molar-refractivity contribution in [2.75, 3.05) is 0 Å². The monoisotopic (exact) mass is 374 g/mol. The van der Waals surface area contributed by atoms with Crippen LogP contribution in [0.2, 0.25) is 10.0 Å². The summed E-state index contributed by atoms with van der Waals surface area (Å²) in [6.07, 6.45) is 4.01. The fourth-order valence-corrected chi connectivity index (χ4v) is 3.15. The average Bonchev–Trinajstić information content (AvgIpc) is 2.73. The van der Waals surface area contributed by atoms with Crippen molar-refractivity contribution in [1.29, 1.82) is 0 Å². The van der Waals surface area contributed by atoms with Crippen LogP contribution in [-0.2, 0) is 9.31 Å². The number of rotatable bonds is 3. The van der Waals surface area contributed by atoms with Crippen molar-refractivity contribution >= 4 is 47.9 Å². The lowest BCUT2D eigenvalue weighted by Crippen LogP contribution is -2.41. The summed E-state index contributed by atoms with van der Waals surface area (Å²) in [6.45, 7) is 8.22. The standard InChI is InChI=1S/C20H21BCl2O2/c1-19(2)20(3,4)25-21(24-19)16-9-7-14(8-10-16)5-6-15-11-17(22)13-18(23)12-15/h5-13H,1-4H3/b6-5+. The van der Waals surface area contributed by atoms with E-state index in [0.29, 0.717) is 10.0 Å². The summed E-state index contributed by atoms with van der Waals surface area (Å²) in [6, 6.07) is 13.6. The number of hydrogen-bond acceptors (Lipinski definition) is 2. The fourth-order valence-electron chi connectivity index (χ4n) is 2.61. The molecule has 0 bridgehead atoms. The first-order chi connectivity index (χ1) is 11.7. The molecule has 0 spiro atoms. The summed E-state index contributed by atoms with van der Waals surface area (Å²) in [5, 5.41) is 1.26. The van der Waals surface area contributed by atoms with Gasteiger partial charge in [-0.15, -0.1) is 0 Å². The third-order valence-electron chi connectivity index (χ3n) is 4.81. The van der Waals surface area contributed by atoms with Gasteiger partial charge in [-0.2, -0.15) is 0 Å². The quantitative estimate of drug-likeness (QED) is 0.524. The van der Waals surface area contributed by atoms with Gasteiger partial charge in [0, 0.05) is 10.0 Å². The summed E-state index contributed by atoms with van der Waals surface area (Å²) in [5.74, 6) is 0. The molecule has 1 heterocycles. The van der Waals surface area contributed by atoms with E-state index in [1.165, 1.54) is 0 Å². The minimum Gasteiger partial charge on any atom is -0.399 e. The number of hydrogen-bond donors (Lipinski definition) is 0. The molecule has 1 saturated heterocycles. The largest absolute Gasteiger partial charge is 0.494 e. The van der Waals surface area contributed by atoms with Gasteiger partial charge in [-0.05, 0) is 62.5 Å². The van der Waals surface area contributed by atoms with Gasteiger partial charge in [0.1, 0.15) is 0 Å². The Kier molecular flexibility index (Phi) is 5.05. The zero-order valence-electron chi connectivity index (χ0n) is 14.8. The van der Waals surface area contributed by atoms with Gasteiger partial charge in [0.05, 0.1) is 11.2 Å². The van der Waals surface area contributed by atoms with E-state index in [-0.39, 0.29) is 18.3 Å². The van der Waals surface area contributed by atoms with Crippen LogP contribution >= 0.6 is 23.2 Å². The number of benzene rings is 2. The van der Waals surface area contributed by atoms with E-state index in [1.807, 2.05) is 48.6 Å². The van der Waals surface area contributed by atoms with Crippen LogP contribution in [-0.4, -0.2) is 18.3 Å². The maximum absolute atomic E-state index is 6.08. The Morgan fingerprint density at radius 3 is 1.76 bits per heavy atom. The van der Waals surface area contributed by atoms with Crippen LogP contribution in [0.3, 0.4) is 0 Å². The van der Waals surface area contributed by atoms with E-state index in [4.69, 9.17) is 32.5 Å². The second kappa shape index (κ2) is 6.81. The topological polar surface area (TPSA) is 18.5 Å². The Morgan fingerprint density at radius 2 is 1.24 bits per heavy atom. The molecular weight excluding hydrogens is 354 g/mol. The van der Waals surface area contributed by atoms with Crippen LogP contribution in [0.1, 0.15) is 38.8 Å². The lowest BCUT2D eigenvalue weighted by Gasteiger charge is -2.32. The molecule has 2 nitrogen and oxygen atoms in total. The Bertz CT molecular complexity index is 762. The lowest BCUT2D eigenvalue weighted by atomic mass is 9.79. The molecule has 2 aromatic carbocycles. The van der Waals surface area contributed by atoms with Gasteiger partial charge in [-0.3, -0.25) is 0 Å². The predicted octanol–water partition coefficient (Wildman–Crippen LogP) is 5.46. The molecule has 0 unspecified atom stereocenters. The van der Waals surface area contributed by atoms with Gasteiger partial charge in [0.25, 0.3) is 0 Å². The van der Waals surface area contributed by atoms with Gasteiger partial charge in [-0.1, -0.05) is 59.6 Å². The lowest BCUT2D eigenvalue weighted by molar-refractivity contribution is 0.00578. The summed E-state index contributed by atoms with van der Waals surface area (Å²) in [5.41, 5.74) is 2.40. The van der Waals surface area contributed by atoms with Crippen LogP contribution in [0, 0.1) is 0 Å². The Balaban J connectivity index is 1.74. The molecule has 0 N–H and O–H groups in total. The minimum atomic E-state index is -0.338. The van der Waals surface area contributed by atoms with Crippen molar-refractivity contribution in [3.05, 3.63) is 63.6 Å². The Hall–Kier alpha value is -1.26. The molecule has 1 aliphatic rings. The first-order valence-electron chi connectivity index (χ1n) is 8.26.